The normalized spacial score (nSPS) is 30.3. The Morgan fingerprint density at radius 1 is 1.27 bits per heavy atom. The summed E-state index contributed by atoms with van der Waals surface area (Å²) in [6.45, 7) is 3.75. The maximum atomic E-state index is 5.67. The molecular weight excluding hydrogens is 140 g/mol. The van der Waals surface area contributed by atoms with Gasteiger partial charge in [-0.25, -0.2) is 0 Å². The maximum absolute atomic E-state index is 5.67. The Kier molecular flexibility index (Phi) is 1.90. The summed E-state index contributed by atoms with van der Waals surface area (Å²) in [5.74, 6) is 0.521. The lowest BCUT2D eigenvalue weighted by atomic mass is 9.78. The van der Waals surface area contributed by atoms with Crippen LogP contribution >= 0.6 is 0 Å². The largest absolute Gasteiger partial charge is 0.347 e. The molecule has 0 spiro atoms. The zero-order chi connectivity index (χ0) is 7.73. The van der Waals surface area contributed by atoms with Gasteiger partial charge in [0.25, 0.3) is 0 Å². The predicted octanol–water partition coefficient (Wildman–Crippen LogP) is 1.94. The van der Waals surface area contributed by atoms with Gasteiger partial charge in [-0.3, -0.25) is 0 Å². The minimum Gasteiger partial charge on any atom is -0.347 e. The van der Waals surface area contributed by atoms with Crippen LogP contribution in [0.1, 0.15) is 32.6 Å². The first kappa shape index (κ1) is 7.56. The van der Waals surface area contributed by atoms with E-state index in [4.69, 9.17) is 9.47 Å². The fraction of sp³-hybridized carbons (Fsp3) is 1.00. The highest BCUT2D eigenvalue weighted by Crippen LogP contribution is 2.43. The summed E-state index contributed by atoms with van der Waals surface area (Å²) < 4.78 is 11.3. The van der Waals surface area contributed by atoms with Crippen LogP contribution in [0.3, 0.4) is 0 Å². The minimum absolute atomic E-state index is 0.168. The molecule has 2 rings (SSSR count). The third-order valence-corrected chi connectivity index (χ3v) is 3.00. The van der Waals surface area contributed by atoms with Crippen molar-refractivity contribution in [1.82, 2.24) is 0 Å². The van der Waals surface area contributed by atoms with Gasteiger partial charge >= 0.3 is 0 Å². The second-order valence-corrected chi connectivity index (χ2v) is 3.49. The van der Waals surface area contributed by atoms with Crippen LogP contribution < -0.4 is 0 Å². The van der Waals surface area contributed by atoms with E-state index in [0.717, 1.165) is 19.6 Å². The Labute approximate surface area is 67.9 Å². The lowest BCUT2D eigenvalue weighted by Crippen LogP contribution is -2.42. The molecule has 0 aromatic carbocycles. The second-order valence-electron chi connectivity index (χ2n) is 3.49. The molecule has 1 saturated heterocycles. The fourth-order valence-corrected chi connectivity index (χ4v) is 2.05. The molecule has 0 amide bonds. The molecule has 0 unspecified atom stereocenters. The topological polar surface area (TPSA) is 18.5 Å². The molecule has 0 aromatic heterocycles. The van der Waals surface area contributed by atoms with Gasteiger partial charge < -0.3 is 9.47 Å². The summed E-state index contributed by atoms with van der Waals surface area (Å²) in [5, 5.41) is 0. The van der Waals surface area contributed by atoms with Gasteiger partial charge in [0.05, 0.1) is 13.2 Å². The van der Waals surface area contributed by atoms with E-state index in [2.05, 4.69) is 6.92 Å². The van der Waals surface area contributed by atoms with Crippen LogP contribution in [0, 0.1) is 5.92 Å². The van der Waals surface area contributed by atoms with Crippen molar-refractivity contribution in [3.63, 3.8) is 0 Å². The lowest BCUT2D eigenvalue weighted by molar-refractivity contribution is -0.213. The van der Waals surface area contributed by atoms with Crippen LogP contribution in [-0.4, -0.2) is 19.0 Å². The summed E-state index contributed by atoms with van der Waals surface area (Å²) in [5.41, 5.74) is 0. The van der Waals surface area contributed by atoms with Crippen LogP contribution in [0.5, 0.6) is 0 Å². The van der Waals surface area contributed by atoms with Gasteiger partial charge in [0.2, 0.25) is 0 Å². The zero-order valence-corrected chi connectivity index (χ0v) is 7.14. The van der Waals surface area contributed by atoms with Gasteiger partial charge in [-0.2, -0.15) is 0 Å². The zero-order valence-electron chi connectivity index (χ0n) is 7.14. The molecule has 0 aromatic rings. The minimum atomic E-state index is -0.168. The number of rotatable bonds is 2. The molecule has 64 valence electrons. The van der Waals surface area contributed by atoms with E-state index in [1.54, 1.807) is 0 Å². The second kappa shape index (κ2) is 2.76. The highest BCUT2D eigenvalue weighted by atomic mass is 16.7. The summed E-state index contributed by atoms with van der Waals surface area (Å²) >= 11 is 0. The maximum Gasteiger partial charge on any atom is 0.171 e. The Hall–Kier alpha value is -0.0800. The van der Waals surface area contributed by atoms with Crippen molar-refractivity contribution in [2.45, 2.75) is 38.4 Å². The van der Waals surface area contributed by atoms with E-state index >= 15 is 0 Å². The molecule has 11 heavy (non-hydrogen) atoms. The molecule has 1 aliphatic carbocycles. The van der Waals surface area contributed by atoms with E-state index in [1.807, 2.05) is 0 Å². The van der Waals surface area contributed by atoms with Crippen molar-refractivity contribution in [1.29, 1.82) is 0 Å². The van der Waals surface area contributed by atoms with E-state index in [-0.39, 0.29) is 5.79 Å². The van der Waals surface area contributed by atoms with Crippen LogP contribution in [0.4, 0.5) is 0 Å². The molecule has 0 radical (unpaired) electrons. The Balaban J connectivity index is 2.02. The van der Waals surface area contributed by atoms with Crippen molar-refractivity contribution in [2.24, 2.45) is 5.92 Å². The van der Waals surface area contributed by atoms with E-state index < -0.39 is 0 Å². The average molecular weight is 156 g/mol. The van der Waals surface area contributed by atoms with Crippen molar-refractivity contribution in [3.8, 4) is 0 Å². The third kappa shape index (κ3) is 1.09. The Morgan fingerprint density at radius 2 is 1.91 bits per heavy atom. The monoisotopic (exact) mass is 156 g/mol. The molecule has 1 saturated carbocycles. The third-order valence-electron chi connectivity index (χ3n) is 3.00. The standard InChI is InChI=1S/C9H16O2/c1-2-9(8-4-3-5-8)10-6-7-11-9/h8H,2-7H2,1H3. The average Bonchev–Trinajstić information content (AvgIpc) is 2.34. The smallest absolute Gasteiger partial charge is 0.171 e. The van der Waals surface area contributed by atoms with Crippen molar-refractivity contribution >= 4 is 0 Å². The molecular formula is C9H16O2. The van der Waals surface area contributed by atoms with Gasteiger partial charge in [-0.05, 0) is 19.3 Å². The highest BCUT2D eigenvalue weighted by Gasteiger charge is 2.45. The molecule has 1 heterocycles. The van der Waals surface area contributed by atoms with E-state index in [0.29, 0.717) is 5.92 Å². The predicted molar refractivity (Wildman–Crippen MR) is 42.3 cm³/mol. The van der Waals surface area contributed by atoms with E-state index in [1.165, 1.54) is 19.3 Å². The quantitative estimate of drug-likeness (QED) is 0.608. The van der Waals surface area contributed by atoms with Gasteiger partial charge in [0.15, 0.2) is 5.79 Å². The Bertz CT molecular complexity index is 134. The molecule has 1 aliphatic heterocycles. The summed E-state index contributed by atoms with van der Waals surface area (Å²) in [7, 11) is 0. The van der Waals surface area contributed by atoms with Crippen molar-refractivity contribution < 1.29 is 9.47 Å². The molecule has 0 atom stereocenters. The van der Waals surface area contributed by atoms with Crippen LogP contribution in [0.25, 0.3) is 0 Å². The summed E-state index contributed by atoms with van der Waals surface area (Å²) in [4.78, 5) is 0. The van der Waals surface area contributed by atoms with Crippen LogP contribution in [0.2, 0.25) is 0 Å². The van der Waals surface area contributed by atoms with Gasteiger partial charge in [-0.1, -0.05) is 13.3 Å². The fourth-order valence-electron chi connectivity index (χ4n) is 2.05. The van der Waals surface area contributed by atoms with Gasteiger partial charge in [-0.15, -0.1) is 0 Å². The molecule has 2 heteroatoms. The first-order valence-electron chi connectivity index (χ1n) is 4.65. The molecule has 2 fully saturated rings. The van der Waals surface area contributed by atoms with Crippen LogP contribution in [0.15, 0.2) is 0 Å². The summed E-state index contributed by atoms with van der Waals surface area (Å²) in [6.07, 6.45) is 4.97. The first-order chi connectivity index (χ1) is 5.37. The molecule has 0 N–H and O–H groups in total. The number of ether oxygens (including phenoxy) is 2. The Morgan fingerprint density at radius 3 is 2.27 bits per heavy atom. The summed E-state index contributed by atoms with van der Waals surface area (Å²) in [6, 6.07) is 0. The number of hydrogen-bond donors (Lipinski definition) is 0. The van der Waals surface area contributed by atoms with E-state index in [9.17, 15) is 0 Å². The molecule has 0 bridgehead atoms. The van der Waals surface area contributed by atoms with Crippen molar-refractivity contribution in [2.75, 3.05) is 13.2 Å². The lowest BCUT2D eigenvalue weighted by Gasteiger charge is -2.40. The van der Waals surface area contributed by atoms with Gasteiger partial charge in [0.1, 0.15) is 0 Å². The van der Waals surface area contributed by atoms with Crippen LogP contribution in [-0.2, 0) is 9.47 Å². The molecule has 2 aliphatic rings. The SMILES string of the molecule is CCC1(C2CCC2)OCCO1. The molecule has 2 nitrogen and oxygen atoms in total. The van der Waals surface area contributed by atoms with Crippen molar-refractivity contribution in [3.05, 3.63) is 0 Å². The van der Waals surface area contributed by atoms with Gasteiger partial charge in [0, 0.05) is 5.92 Å². The number of hydrogen-bond acceptors (Lipinski definition) is 2. The first-order valence-corrected chi connectivity index (χ1v) is 4.65. The highest BCUT2D eigenvalue weighted by molar-refractivity contribution is 4.86.